The van der Waals surface area contributed by atoms with Crippen molar-refractivity contribution in [3.8, 4) is 0 Å². The van der Waals surface area contributed by atoms with E-state index in [9.17, 15) is 9.50 Å². The fourth-order valence-corrected chi connectivity index (χ4v) is 3.90. The van der Waals surface area contributed by atoms with Crippen LogP contribution in [0.3, 0.4) is 0 Å². The number of aromatic nitrogens is 2. The average Bonchev–Trinajstić information content (AvgIpc) is 2.51. The van der Waals surface area contributed by atoms with E-state index < -0.39 is 6.17 Å². The van der Waals surface area contributed by atoms with Crippen LogP contribution in [0.5, 0.6) is 0 Å². The van der Waals surface area contributed by atoms with Crippen molar-refractivity contribution in [2.75, 3.05) is 42.6 Å². The molecule has 1 aromatic rings. The molecule has 0 atom stereocenters. The lowest BCUT2D eigenvalue weighted by Gasteiger charge is -2.50. The molecule has 6 heteroatoms. The topological polar surface area (TPSA) is 52.5 Å². The number of hydrogen-bond donors (Lipinski definition) is 1. The van der Waals surface area contributed by atoms with Crippen LogP contribution >= 0.6 is 0 Å². The van der Waals surface area contributed by atoms with E-state index in [1.54, 1.807) is 0 Å². The van der Waals surface area contributed by atoms with Gasteiger partial charge in [0.15, 0.2) is 0 Å². The average molecular weight is 320 g/mol. The highest BCUT2D eigenvalue weighted by Gasteiger charge is 2.43. The molecule has 23 heavy (non-hydrogen) atoms. The maximum Gasteiger partial charge on any atom is 0.227 e. The zero-order chi connectivity index (χ0) is 16.0. The lowest BCUT2D eigenvalue weighted by atomic mass is 9.78. The van der Waals surface area contributed by atoms with Crippen molar-refractivity contribution in [3.63, 3.8) is 0 Å². The third-order valence-corrected chi connectivity index (χ3v) is 5.71. The Morgan fingerprint density at radius 1 is 1.17 bits per heavy atom. The number of alkyl halides is 1. The van der Waals surface area contributed by atoms with Gasteiger partial charge in [-0.15, -0.1) is 0 Å². The SMILES string of the molecule is CCC1(CO)CN(c2nc(N3CC(F)C3)nc3c2CCCC3)C1. The van der Waals surface area contributed by atoms with Gasteiger partial charge in [0.2, 0.25) is 5.95 Å². The molecule has 2 aliphatic heterocycles. The molecule has 3 heterocycles. The number of anilines is 2. The van der Waals surface area contributed by atoms with Gasteiger partial charge >= 0.3 is 0 Å². The van der Waals surface area contributed by atoms with Crippen LogP contribution in [0.15, 0.2) is 0 Å². The maximum absolute atomic E-state index is 13.2. The first kappa shape index (κ1) is 15.1. The summed E-state index contributed by atoms with van der Waals surface area (Å²) in [5, 5.41) is 9.65. The fourth-order valence-electron chi connectivity index (χ4n) is 3.90. The third kappa shape index (κ3) is 2.47. The molecule has 2 saturated heterocycles. The minimum absolute atomic E-state index is 0.0213. The third-order valence-electron chi connectivity index (χ3n) is 5.71. The van der Waals surface area contributed by atoms with Gasteiger partial charge in [-0.2, -0.15) is 4.98 Å². The number of aryl methyl sites for hydroxylation is 1. The van der Waals surface area contributed by atoms with Crippen LogP contribution in [0.25, 0.3) is 0 Å². The van der Waals surface area contributed by atoms with E-state index in [4.69, 9.17) is 9.97 Å². The number of fused-ring (bicyclic) bond motifs is 1. The molecule has 0 amide bonds. The molecule has 0 saturated carbocycles. The maximum atomic E-state index is 13.2. The van der Waals surface area contributed by atoms with Crippen molar-refractivity contribution in [2.45, 2.75) is 45.2 Å². The number of hydrogen-bond acceptors (Lipinski definition) is 5. The van der Waals surface area contributed by atoms with Gasteiger partial charge in [-0.25, -0.2) is 9.37 Å². The van der Waals surface area contributed by atoms with E-state index >= 15 is 0 Å². The van der Waals surface area contributed by atoms with Gasteiger partial charge in [-0.05, 0) is 32.1 Å². The quantitative estimate of drug-likeness (QED) is 0.915. The summed E-state index contributed by atoms with van der Waals surface area (Å²) in [6.45, 7) is 4.90. The molecule has 126 valence electrons. The molecule has 0 spiro atoms. The van der Waals surface area contributed by atoms with Crippen molar-refractivity contribution in [2.24, 2.45) is 5.41 Å². The number of halogens is 1. The highest BCUT2D eigenvalue weighted by molar-refractivity contribution is 5.57. The van der Waals surface area contributed by atoms with Crippen molar-refractivity contribution in [1.82, 2.24) is 9.97 Å². The number of rotatable bonds is 4. The molecule has 4 rings (SSSR count). The zero-order valence-corrected chi connectivity index (χ0v) is 13.8. The largest absolute Gasteiger partial charge is 0.396 e. The van der Waals surface area contributed by atoms with Gasteiger partial charge in [-0.1, -0.05) is 6.92 Å². The van der Waals surface area contributed by atoms with Crippen LogP contribution in [0.4, 0.5) is 16.2 Å². The highest BCUT2D eigenvalue weighted by atomic mass is 19.1. The second-order valence-corrected chi connectivity index (χ2v) is 7.35. The fraction of sp³-hybridized carbons (Fsp3) is 0.765. The van der Waals surface area contributed by atoms with Gasteiger partial charge < -0.3 is 14.9 Å². The Labute approximate surface area is 136 Å². The van der Waals surface area contributed by atoms with E-state index in [-0.39, 0.29) is 12.0 Å². The summed E-state index contributed by atoms with van der Waals surface area (Å²) in [5.41, 5.74) is 2.45. The summed E-state index contributed by atoms with van der Waals surface area (Å²) in [6, 6.07) is 0. The summed E-state index contributed by atoms with van der Waals surface area (Å²) in [6.07, 6.45) is 4.62. The first-order valence-corrected chi connectivity index (χ1v) is 8.79. The van der Waals surface area contributed by atoms with Gasteiger partial charge in [0, 0.05) is 24.1 Å². The van der Waals surface area contributed by atoms with E-state index in [1.165, 1.54) is 18.4 Å². The smallest absolute Gasteiger partial charge is 0.227 e. The van der Waals surface area contributed by atoms with Crippen molar-refractivity contribution < 1.29 is 9.50 Å². The Morgan fingerprint density at radius 2 is 1.91 bits per heavy atom. The van der Waals surface area contributed by atoms with Crippen LogP contribution in [0.1, 0.15) is 37.4 Å². The van der Waals surface area contributed by atoms with E-state index in [1.807, 2.05) is 4.90 Å². The van der Waals surface area contributed by atoms with E-state index in [0.717, 1.165) is 43.9 Å². The molecule has 5 nitrogen and oxygen atoms in total. The molecule has 2 fully saturated rings. The Kier molecular flexibility index (Phi) is 3.67. The van der Waals surface area contributed by atoms with E-state index in [0.29, 0.717) is 19.0 Å². The van der Waals surface area contributed by atoms with Crippen LogP contribution in [-0.2, 0) is 12.8 Å². The van der Waals surface area contributed by atoms with Crippen molar-refractivity contribution in [1.29, 1.82) is 0 Å². The monoisotopic (exact) mass is 320 g/mol. The van der Waals surface area contributed by atoms with Crippen LogP contribution < -0.4 is 9.80 Å². The standard InChI is InChI=1S/C17H25FN4O/c1-2-17(11-23)9-22(10-17)15-13-5-3-4-6-14(13)19-16(20-15)21-7-12(18)8-21/h12,23H,2-11H2,1H3. The predicted molar refractivity (Wildman–Crippen MR) is 87.8 cm³/mol. The number of aliphatic hydroxyl groups is 1. The second kappa shape index (κ2) is 5.58. The Balaban J connectivity index is 1.64. The summed E-state index contributed by atoms with van der Waals surface area (Å²) in [4.78, 5) is 13.7. The van der Waals surface area contributed by atoms with E-state index in [2.05, 4.69) is 11.8 Å². The Bertz CT molecular complexity index is 591. The Morgan fingerprint density at radius 3 is 2.57 bits per heavy atom. The summed E-state index contributed by atoms with van der Waals surface area (Å²) < 4.78 is 13.2. The molecular weight excluding hydrogens is 295 g/mol. The first-order chi connectivity index (χ1) is 11.1. The van der Waals surface area contributed by atoms with Gasteiger partial charge in [0.1, 0.15) is 12.0 Å². The molecule has 1 N–H and O–H groups in total. The molecule has 3 aliphatic rings. The van der Waals surface area contributed by atoms with Crippen LogP contribution in [0, 0.1) is 5.41 Å². The molecule has 0 unspecified atom stereocenters. The first-order valence-electron chi connectivity index (χ1n) is 8.79. The molecule has 1 aliphatic carbocycles. The lowest BCUT2D eigenvalue weighted by Crippen LogP contribution is -2.59. The number of nitrogens with zero attached hydrogens (tertiary/aromatic N) is 4. The highest BCUT2D eigenvalue weighted by Crippen LogP contribution is 2.40. The zero-order valence-electron chi connectivity index (χ0n) is 13.8. The minimum Gasteiger partial charge on any atom is -0.396 e. The second-order valence-electron chi connectivity index (χ2n) is 7.35. The van der Waals surface area contributed by atoms with Crippen molar-refractivity contribution >= 4 is 11.8 Å². The Hall–Kier alpha value is -1.43. The van der Waals surface area contributed by atoms with Crippen LogP contribution in [-0.4, -0.2) is 54.0 Å². The minimum atomic E-state index is -0.746. The molecule has 0 bridgehead atoms. The van der Waals surface area contributed by atoms with Crippen molar-refractivity contribution in [3.05, 3.63) is 11.3 Å². The van der Waals surface area contributed by atoms with Gasteiger partial charge in [0.25, 0.3) is 0 Å². The predicted octanol–water partition coefficient (Wildman–Crippen LogP) is 1.72. The molecular formula is C17H25FN4O. The number of aliphatic hydroxyl groups excluding tert-OH is 1. The lowest BCUT2D eigenvalue weighted by molar-refractivity contribution is 0.0875. The normalized spacial score (nSPS) is 23.3. The molecule has 1 aromatic heterocycles. The van der Waals surface area contributed by atoms with Crippen LogP contribution in [0.2, 0.25) is 0 Å². The molecule has 0 radical (unpaired) electrons. The summed E-state index contributed by atoms with van der Waals surface area (Å²) in [5.74, 6) is 1.72. The summed E-state index contributed by atoms with van der Waals surface area (Å²) >= 11 is 0. The van der Waals surface area contributed by atoms with Gasteiger partial charge in [-0.3, -0.25) is 0 Å². The van der Waals surface area contributed by atoms with Gasteiger partial charge in [0.05, 0.1) is 25.4 Å². The summed E-state index contributed by atoms with van der Waals surface area (Å²) in [7, 11) is 0. The molecule has 0 aromatic carbocycles.